The Balaban J connectivity index is 1.89. The molecule has 108 valence electrons. The Morgan fingerprint density at radius 1 is 1.40 bits per heavy atom. The number of methoxy groups -OCH3 is 1. The van der Waals surface area contributed by atoms with Crippen molar-refractivity contribution in [1.82, 2.24) is 0 Å². The van der Waals surface area contributed by atoms with Crippen molar-refractivity contribution in [1.29, 1.82) is 0 Å². The highest BCUT2D eigenvalue weighted by atomic mass is 16.5. The van der Waals surface area contributed by atoms with Gasteiger partial charge < -0.3 is 20.1 Å². The molecule has 1 fully saturated rings. The van der Waals surface area contributed by atoms with Gasteiger partial charge in [0.25, 0.3) is 0 Å². The maximum Gasteiger partial charge on any atom is 0.196 e. The Labute approximate surface area is 119 Å². The predicted molar refractivity (Wildman–Crippen MR) is 79.3 cm³/mol. The van der Waals surface area contributed by atoms with Crippen LogP contribution < -0.4 is 15.4 Å². The molecule has 0 amide bonds. The van der Waals surface area contributed by atoms with Crippen LogP contribution in [0.3, 0.4) is 0 Å². The van der Waals surface area contributed by atoms with Crippen molar-refractivity contribution < 1.29 is 9.47 Å². The summed E-state index contributed by atoms with van der Waals surface area (Å²) in [5.41, 5.74) is 7.10. The highest BCUT2D eigenvalue weighted by Crippen LogP contribution is 2.34. The molecule has 1 aromatic carbocycles. The van der Waals surface area contributed by atoms with Crippen molar-refractivity contribution in [2.45, 2.75) is 18.9 Å². The van der Waals surface area contributed by atoms with Crippen molar-refractivity contribution in [3.63, 3.8) is 0 Å². The highest BCUT2D eigenvalue weighted by Gasteiger charge is 2.36. The van der Waals surface area contributed by atoms with Gasteiger partial charge >= 0.3 is 0 Å². The first-order valence-electron chi connectivity index (χ1n) is 7.11. The Hall–Kier alpha value is -1.75. The molecular weight excluding hydrogens is 254 g/mol. The van der Waals surface area contributed by atoms with Crippen LogP contribution in [-0.4, -0.2) is 38.9 Å². The first-order chi connectivity index (χ1) is 9.81. The largest absolute Gasteiger partial charge is 0.495 e. The van der Waals surface area contributed by atoms with Crippen LogP contribution in [0.2, 0.25) is 0 Å². The lowest BCUT2D eigenvalue weighted by atomic mass is 9.93. The number of para-hydroxylation sites is 2. The van der Waals surface area contributed by atoms with E-state index in [-0.39, 0.29) is 6.04 Å². The molecule has 0 aliphatic carbocycles. The second-order valence-electron chi connectivity index (χ2n) is 5.29. The number of guanidine groups is 1. The summed E-state index contributed by atoms with van der Waals surface area (Å²) in [7, 11) is 1.68. The number of nitrogens with two attached hydrogens (primary N) is 1. The molecule has 2 aliphatic heterocycles. The summed E-state index contributed by atoms with van der Waals surface area (Å²) in [5.74, 6) is 1.87. The van der Waals surface area contributed by atoms with Gasteiger partial charge in [-0.25, -0.2) is 0 Å². The summed E-state index contributed by atoms with van der Waals surface area (Å²) in [4.78, 5) is 6.54. The fraction of sp³-hybridized carbons (Fsp3) is 0.533. The van der Waals surface area contributed by atoms with Gasteiger partial charge in [-0.1, -0.05) is 12.1 Å². The predicted octanol–water partition coefficient (Wildman–Crippen LogP) is 1.63. The molecule has 3 rings (SSSR count). The number of nitrogens with zero attached hydrogens (tertiary/aromatic N) is 2. The van der Waals surface area contributed by atoms with Crippen LogP contribution in [0.4, 0.5) is 5.69 Å². The quantitative estimate of drug-likeness (QED) is 0.910. The number of benzene rings is 1. The minimum atomic E-state index is 0.270. The van der Waals surface area contributed by atoms with E-state index in [1.165, 1.54) is 6.42 Å². The van der Waals surface area contributed by atoms with Gasteiger partial charge in [-0.3, -0.25) is 4.99 Å². The number of rotatable bonds is 3. The van der Waals surface area contributed by atoms with E-state index in [9.17, 15) is 0 Å². The second-order valence-corrected chi connectivity index (χ2v) is 5.29. The van der Waals surface area contributed by atoms with Crippen LogP contribution in [0.15, 0.2) is 29.3 Å². The molecule has 5 nitrogen and oxygen atoms in total. The van der Waals surface area contributed by atoms with E-state index in [2.05, 4.69) is 9.89 Å². The summed E-state index contributed by atoms with van der Waals surface area (Å²) in [6.45, 7) is 2.39. The first-order valence-corrected chi connectivity index (χ1v) is 7.11. The third-order valence-electron chi connectivity index (χ3n) is 4.10. The van der Waals surface area contributed by atoms with E-state index in [0.717, 1.165) is 37.6 Å². The molecule has 0 bridgehead atoms. The molecule has 5 heteroatoms. The SMILES string of the molecule is COc1ccccc1N1C(N)=NCC1C1CCCOC1. The molecule has 1 aromatic rings. The third kappa shape index (κ3) is 2.33. The summed E-state index contributed by atoms with van der Waals surface area (Å²) < 4.78 is 11.1. The average Bonchev–Trinajstić information content (AvgIpc) is 2.89. The van der Waals surface area contributed by atoms with Crippen molar-refractivity contribution in [2.75, 3.05) is 31.8 Å². The van der Waals surface area contributed by atoms with E-state index in [0.29, 0.717) is 11.9 Å². The zero-order valence-corrected chi connectivity index (χ0v) is 11.8. The van der Waals surface area contributed by atoms with Crippen molar-refractivity contribution in [3.05, 3.63) is 24.3 Å². The Morgan fingerprint density at radius 3 is 3.00 bits per heavy atom. The zero-order chi connectivity index (χ0) is 13.9. The van der Waals surface area contributed by atoms with E-state index in [4.69, 9.17) is 15.2 Å². The minimum Gasteiger partial charge on any atom is -0.495 e. The molecule has 2 N–H and O–H groups in total. The summed E-state index contributed by atoms with van der Waals surface area (Å²) >= 11 is 0. The number of hydrogen-bond donors (Lipinski definition) is 1. The number of hydrogen-bond acceptors (Lipinski definition) is 5. The normalized spacial score (nSPS) is 26.4. The van der Waals surface area contributed by atoms with E-state index >= 15 is 0 Å². The third-order valence-corrected chi connectivity index (χ3v) is 4.10. The molecule has 2 unspecified atom stereocenters. The first kappa shape index (κ1) is 13.2. The van der Waals surface area contributed by atoms with Crippen LogP contribution in [0, 0.1) is 5.92 Å². The summed E-state index contributed by atoms with van der Waals surface area (Å²) in [5, 5.41) is 0. The van der Waals surface area contributed by atoms with Crippen molar-refractivity contribution in [3.8, 4) is 5.75 Å². The fourth-order valence-electron chi connectivity index (χ4n) is 3.07. The number of ether oxygens (including phenoxy) is 2. The van der Waals surface area contributed by atoms with Crippen LogP contribution in [0.5, 0.6) is 5.75 Å². The summed E-state index contributed by atoms with van der Waals surface area (Å²) in [6.07, 6.45) is 2.28. The molecule has 0 spiro atoms. The zero-order valence-electron chi connectivity index (χ0n) is 11.8. The smallest absolute Gasteiger partial charge is 0.196 e. The van der Waals surface area contributed by atoms with E-state index < -0.39 is 0 Å². The van der Waals surface area contributed by atoms with Gasteiger partial charge in [0.2, 0.25) is 0 Å². The summed E-state index contributed by atoms with van der Waals surface area (Å²) in [6, 6.07) is 8.22. The maximum absolute atomic E-state index is 6.11. The van der Waals surface area contributed by atoms with Crippen LogP contribution >= 0.6 is 0 Å². The van der Waals surface area contributed by atoms with Crippen LogP contribution in [0.1, 0.15) is 12.8 Å². The minimum absolute atomic E-state index is 0.270. The van der Waals surface area contributed by atoms with Crippen molar-refractivity contribution >= 4 is 11.6 Å². The van der Waals surface area contributed by atoms with Gasteiger partial charge in [0.1, 0.15) is 5.75 Å². The monoisotopic (exact) mass is 275 g/mol. The van der Waals surface area contributed by atoms with Gasteiger partial charge in [0, 0.05) is 12.5 Å². The second kappa shape index (κ2) is 5.71. The van der Waals surface area contributed by atoms with Crippen LogP contribution in [-0.2, 0) is 4.74 Å². The molecule has 0 radical (unpaired) electrons. The number of anilines is 1. The van der Waals surface area contributed by atoms with Gasteiger partial charge in [-0.15, -0.1) is 0 Å². The molecule has 2 aliphatic rings. The highest BCUT2D eigenvalue weighted by molar-refractivity contribution is 5.98. The molecule has 20 heavy (non-hydrogen) atoms. The van der Waals surface area contributed by atoms with E-state index in [1.807, 2.05) is 24.3 Å². The van der Waals surface area contributed by atoms with Gasteiger partial charge in [0.05, 0.1) is 32.0 Å². The Kier molecular flexibility index (Phi) is 3.78. The van der Waals surface area contributed by atoms with Crippen molar-refractivity contribution in [2.24, 2.45) is 16.6 Å². The lowest BCUT2D eigenvalue weighted by Crippen LogP contribution is -2.47. The van der Waals surface area contributed by atoms with Gasteiger partial charge in [-0.2, -0.15) is 0 Å². The standard InChI is InChI=1S/C15H21N3O2/c1-19-14-7-3-2-6-12(14)18-13(9-17-15(18)16)11-5-4-8-20-10-11/h2-3,6-7,11,13H,4-5,8-10H2,1H3,(H2,16,17). The Bertz CT molecular complexity index is 498. The van der Waals surface area contributed by atoms with Gasteiger partial charge in [-0.05, 0) is 25.0 Å². The Morgan fingerprint density at radius 2 is 2.25 bits per heavy atom. The average molecular weight is 275 g/mol. The lowest BCUT2D eigenvalue weighted by Gasteiger charge is -2.35. The lowest BCUT2D eigenvalue weighted by molar-refractivity contribution is 0.0472. The van der Waals surface area contributed by atoms with Gasteiger partial charge in [0.15, 0.2) is 5.96 Å². The molecular formula is C15H21N3O2. The van der Waals surface area contributed by atoms with E-state index in [1.54, 1.807) is 7.11 Å². The fourth-order valence-corrected chi connectivity index (χ4v) is 3.07. The van der Waals surface area contributed by atoms with Crippen LogP contribution in [0.25, 0.3) is 0 Å². The molecule has 1 saturated heterocycles. The molecule has 0 aromatic heterocycles. The maximum atomic E-state index is 6.11. The topological polar surface area (TPSA) is 60.1 Å². The molecule has 2 atom stereocenters. The molecule has 0 saturated carbocycles. The number of aliphatic imine (C=N–C) groups is 1. The molecule has 2 heterocycles.